The molecule has 1 aromatic rings. The third-order valence-electron chi connectivity index (χ3n) is 5.65. The molecule has 0 aromatic heterocycles. The lowest BCUT2D eigenvalue weighted by Gasteiger charge is -2.32. The van der Waals surface area contributed by atoms with E-state index in [1.807, 2.05) is 0 Å². The van der Waals surface area contributed by atoms with E-state index in [1.54, 1.807) is 0 Å². The zero-order valence-corrected chi connectivity index (χ0v) is 15.6. The molecule has 1 saturated heterocycles. The Kier molecular flexibility index (Phi) is 6.32. The quantitative estimate of drug-likeness (QED) is 0.808. The molecule has 2 fully saturated rings. The van der Waals surface area contributed by atoms with E-state index in [-0.39, 0.29) is 11.8 Å². The summed E-state index contributed by atoms with van der Waals surface area (Å²) in [5, 5.41) is 3.25. The van der Waals surface area contributed by atoms with Crippen molar-refractivity contribution in [2.24, 2.45) is 5.92 Å². The first-order valence-corrected chi connectivity index (χ1v) is 9.62. The minimum absolute atomic E-state index is 0.233. The van der Waals surface area contributed by atoms with Gasteiger partial charge in [0.15, 0.2) is 0 Å². The monoisotopic (exact) mass is 346 g/mol. The number of hydrogen-bond acceptors (Lipinski definition) is 3. The Balaban J connectivity index is 1.68. The predicted octanol–water partition coefficient (Wildman–Crippen LogP) is 1.02. The van der Waals surface area contributed by atoms with E-state index in [0.717, 1.165) is 39.1 Å². The fraction of sp³-hybridized carbons (Fsp3) is 0.650. The summed E-state index contributed by atoms with van der Waals surface area (Å²) in [7, 11) is 4.11. The number of morpholine rings is 1. The maximum atomic E-state index is 12.5. The van der Waals surface area contributed by atoms with Gasteiger partial charge in [0, 0.05) is 31.3 Å². The average molecular weight is 346 g/mol. The van der Waals surface area contributed by atoms with Crippen LogP contribution in [0, 0.1) is 5.92 Å². The third-order valence-corrected chi connectivity index (χ3v) is 5.65. The predicted molar refractivity (Wildman–Crippen MR) is 100.0 cm³/mol. The maximum absolute atomic E-state index is 12.5. The first-order chi connectivity index (χ1) is 12.1. The van der Waals surface area contributed by atoms with Crippen LogP contribution >= 0.6 is 0 Å². The van der Waals surface area contributed by atoms with Crippen LogP contribution < -0.4 is 15.1 Å². The number of nitrogens with one attached hydrogen (secondary N) is 2. The lowest BCUT2D eigenvalue weighted by atomic mass is 10.0. The van der Waals surface area contributed by atoms with Crippen LogP contribution in [-0.4, -0.2) is 52.9 Å². The van der Waals surface area contributed by atoms with Gasteiger partial charge >= 0.3 is 0 Å². The zero-order valence-electron chi connectivity index (χ0n) is 15.6. The van der Waals surface area contributed by atoms with Crippen molar-refractivity contribution in [1.29, 1.82) is 0 Å². The van der Waals surface area contributed by atoms with Gasteiger partial charge in [-0.05, 0) is 25.0 Å². The highest BCUT2D eigenvalue weighted by molar-refractivity contribution is 5.78. The summed E-state index contributed by atoms with van der Waals surface area (Å²) < 4.78 is 5.53. The minimum Gasteiger partial charge on any atom is -0.378 e. The highest BCUT2D eigenvalue weighted by Gasteiger charge is 2.29. The Morgan fingerprint density at radius 2 is 1.84 bits per heavy atom. The molecule has 1 saturated carbocycles. The molecule has 5 heteroatoms. The van der Waals surface area contributed by atoms with E-state index < -0.39 is 0 Å². The normalized spacial score (nSPS) is 20.4. The van der Waals surface area contributed by atoms with Crippen molar-refractivity contribution in [3.8, 4) is 0 Å². The first-order valence-electron chi connectivity index (χ1n) is 9.62. The van der Waals surface area contributed by atoms with Gasteiger partial charge in [0.25, 0.3) is 0 Å². The molecule has 0 radical (unpaired) electrons. The largest absolute Gasteiger partial charge is 0.378 e. The molecule has 1 aliphatic carbocycles. The smallest absolute Gasteiger partial charge is 0.223 e. The van der Waals surface area contributed by atoms with Crippen molar-refractivity contribution >= 4 is 11.6 Å². The fourth-order valence-electron chi connectivity index (χ4n) is 4.02. The van der Waals surface area contributed by atoms with E-state index in [4.69, 9.17) is 4.74 Å². The van der Waals surface area contributed by atoms with Gasteiger partial charge in [-0.15, -0.1) is 0 Å². The van der Waals surface area contributed by atoms with E-state index >= 15 is 0 Å². The summed E-state index contributed by atoms with van der Waals surface area (Å²) in [5.41, 5.74) is 2.50. The Hall–Kier alpha value is -1.59. The first kappa shape index (κ1) is 18.2. The van der Waals surface area contributed by atoms with Gasteiger partial charge in [-0.25, -0.2) is 0 Å². The molecule has 0 unspecified atom stereocenters. The molecule has 1 aliphatic heterocycles. The van der Waals surface area contributed by atoms with Gasteiger partial charge in [0.05, 0.1) is 19.8 Å². The Labute approximate surface area is 151 Å². The number of anilines is 1. The van der Waals surface area contributed by atoms with E-state index in [0.29, 0.717) is 12.6 Å². The van der Waals surface area contributed by atoms with Gasteiger partial charge in [0.1, 0.15) is 19.1 Å². The van der Waals surface area contributed by atoms with Crippen LogP contribution in [-0.2, 0) is 9.53 Å². The lowest BCUT2D eigenvalue weighted by Crippen LogP contribution is -3.15. The highest BCUT2D eigenvalue weighted by Crippen LogP contribution is 2.24. The number of amides is 1. The molecular formula is C20H32N3O2+. The van der Waals surface area contributed by atoms with Crippen molar-refractivity contribution in [2.45, 2.75) is 31.7 Å². The Morgan fingerprint density at radius 1 is 1.20 bits per heavy atom. The Bertz CT molecular complexity index is 547. The number of ether oxygens (including phenoxy) is 1. The number of hydrogen-bond donors (Lipinski definition) is 2. The van der Waals surface area contributed by atoms with Gasteiger partial charge in [-0.2, -0.15) is 0 Å². The van der Waals surface area contributed by atoms with Crippen LogP contribution in [0.5, 0.6) is 0 Å². The summed E-state index contributed by atoms with van der Waals surface area (Å²) >= 11 is 0. The summed E-state index contributed by atoms with van der Waals surface area (Å²) in [6, 6.07) is 9.06. The topological polar surface area (TPSA) is 46.0 Å². The molecule has 1 aromatic carbocycles. The second kappa shape index (κ2) is 8.68. The van der Waals surface area contributed by atoms with Gasteiger partial charge < -0.3 is 19.9 Å². The van der Waals surface area contributed by atoms with E-state index in [9.17, 15) is 4.79 Å². The van der Waals surface area contributed by atoms with Crippen LogP contribution in [0.4, 0.5) is 5.69 Å². The summed E-state index contributed by atoms with van der Waals surface area (Å²) in [6.45, 7) is 4.32. The van der Waals surface area contributed by atoms with Crippen LogP contribution in [0.2, 0.25) is 0 Å². The molecule has 1 heterocycles. The highest BCUT2D eigenvalue weighted by atomic mass is 16.5. The van der Waals surface area contributed by atoms with Gasteiger partial charge in [0.2, 0.25) is 5.91 Å². The van der Waals surface area contributed by atoms with Crippen molar-refractivity contribution in [1.82, 2.24) is 5.32 Å². The number of carbonyl (C=O) groups excluding carboxylic acids is 1. The molecule has 3 rings (SSSR count). The van der Waals surface area contributed by atoms with Crippen molar-refractivity contribution in [3.63, 3.8) is 0 Å². The number of benzene rings is 1. The number of rotatable bonds is 6. The number of quaternary nitrogens is 1. The van der Waals surface area contributed by atoms with Crippen LogP contribution in [0.3, 0.4) is 0 Å². The molecule has 0 spiro atoms. The second-order valence-electron chi connectivity index (χ2n) is 7.54. The standard InChI is InChI=1S/C20H31N3O2/c1-22(2)18-9-7-16(8-10-18)19(23-11-13-25-14-12-23)15-21-20(24)17-5-3-4-6-17/h7-10,17,19H,3-6,11-15H2,1-2H3,(H,21,24)/p+1/t19-/m1/s1. The van der Waals surface area contributed by atoms with Gasteiger partial charge in [-0.1, -0.05) is 25.0 Å². The molecule has 1 amide bonds. The van der Waals surface area contributed by atoms with Crippen LogP contribution in [0.25, 0.3) is 0 Å². The number of nitrogens with zero attached hydrogens (tertiary/aromatic N) is 1. The molecule has 25 heavy (non-hydrogen) atoms. The molecule has 0 bridgehead atoms. The van der Waals surface area contributed by atoms with E-state index in [1.165, 1.54) is 29.0 Å². The van der Waals surface area contributed by atoms with Crippen LogP contribution in [0.1, 0.15) is 37.3 Å². The van der Waals surface area contributed by atoms with E-state index in [2.05, 4.69) is 48.6 Å². The summed E-state index contributed by atoms with van der Waals surface area (Å²) in [4.78, 5) is 16.1. The lowest BCUT2D eigenvalue weighted by molar-refractivity contribution is -0.937. The molecule has 138 valence electrons. The fourth-order valence-corrected chi connectivity index (χ4v) is 4.02. The second-order valence-corrected chi connectivity index (χ2v) is 7.54. The molecule has 2 aliphatic rings. The minimum atomic E-state index is 0.233. The van der Waals surface area contributed by atoms with Gasteiger partial charge in [-0.3, -0.25) is 4.79 Å². The average Bonchev–Trinajstić information content (AvgIpc) is 3.18. The number of carbonyl (C=O) groups is 1. The SMILES string of the molecule is CN(C)c1ccc([C@@H](CNC(=O)C2CCCC2)[NH+]2CCOCC2)cc1. The molecular weight excluding hydrogens is 314 g/mol. The zero-order chi connectivity index (χ0) is 17.6. The van der Waals surface area contributed by atoms with Crippen molar-refractivity contribution in [3.05, 3.63) is 29.8 Å². The van der Waals surface area contributed by atoms with Crippen LogP contribution in [0.15, 0.2) is 24.3 Å². The summed E-state index contributed by atoms with van der Waals surface area (Å²) in [5.74, 6) is 0.483. The van der Waals surface area contributed by atoms with Crippen molar-refractivity contribution < 1.29 is 14.4 Å². The van der Waals surface area contributed by atoms with Crippen molar-refractivity contribution in [2.75, 3.05) is 51.8 Å². The Morgan fingerprint density at radius 3 is 2.44 bits per heavy atom. The summed E-state index contributed by atoms with van der Waals surface area (Å²) in [6.07, 6.45) is 4.50. The molecule has 2 N–H and O–H groups in total. The molecule has 5 nitrogen and oxygen atoms in total. The molecule has 1 atom stereocenters. The third kappa shape index (κ3) is 4.73. The maximum Gasteiger partial charge on any atom is 0.223 e.